The second kappa shape index (κ2) is 36.1. The van der Waals surface area contributed by atoms with E-state index in [1.807, 2.05) is 0 Å². The van der Waals surface area contributed by atoms with Gasteiger partial charge in [0, 0.05) is 12.8 Å². The molecular formula is C45H85O13P. The van der Waals surface area contributed by atoms with Crippen molar-refractivity contribution in [2.75, 3.05) is 13.2 Å². The van der Waals surface area contributed by atoms with Crippen molar-refractivity contribution in [1.82, 2.24) is 0 Å². The molecule has 0 aromatic heterocycles. The lowest BCUT2D eigenvalue weighted by Crippen LogP contribution is -2.64. The third-order valence-corrected chi connectivity index (χ3v) is 12.1. The lowest BCUT2D eigenvalue weighted by Gasteiger charge is -2.41. The van der Waals surface area contributed by atoms with Gasteiger partial charge in [0.25, 0.3) is 0 Å². The highest BCUT2D eigenvalue weighted by molar-refractivity contribution is 7.47. The van der Waals surface area contributed by atoms with Crippen molar-refractivity contribution < 1.29 is 63.1 Å². The fourth-order valence-electron chi connectivity index (χ4n) is 7.28. The van der Waals surface area contributed by atoms with E-state index >= 15 is 0 Å². The molecule has 0 aliphatic heterocycles. The number of rotatable bonds is 39. The SMILES string of the molecule is CCCCCC/C=C\CCCCCCCC(=O)OC(COC(=O)CCCCCCCCCCCCCCCCCCC)COP(=O)(O)OC1C(O)C(O)C(O)C(O)C1O. The van der Waals surface area contributed by atoms with Crippen molar-refractivity contribution in [2.24, 2.45) is 0 Å². The smallest absolute Gasteiger partial charge is 0.462 e. The zero-order chi connectivity index (χ0) is 43.6. The Morgan fingerprint density at radius 1 is 0.508 bits per heavy atom. The number of ether oxygens (including phenoxy) is 2. The van der Waals surface area contributed by atoms with Gasteiger partial charge in [-0.05, 0) is 38.5 Å². The Kier molecular flexibility index (Phi) is 34.0. The summed E-state index contributed by atoms with van der Waals surface area (Å²) in [5.74, 6) is -1.10. The Morgan fingerprint density at radius 3 is 1.31 bits per heavy atom. The van der Waals surface area contributed by atoms with Gasteiger partial charge in [-0.2, -0.15) is 0 Å². The van der Waals surface area contributed by atoms with E-state index in [-0.39, 0.29) is 12.8 Å². The third kappa shape index (κ3) is 28.7. The molecule has 0 amide bonds. The van der Waals surface area contributed by atoms with Gasteiger partial charge >= 0.3 is 19.8 Å². The minimum atomic E-state index is -5.11. The van der Waals surface area contributed by atoms with Gasteiger partial charge in [0.05, 0.1) is 6.61 Å². The number of hydrogen-bond donors (Lipinski definition) is 6. The normalized spacial score (nSPS) is 22.4. The maximum absolute atomic E-state index is 12.8. The van der Waals surface area contributed by atoms with Crippen LogP contribution in [0, 0.1) is 0 Å². The average molecular weight is 865 g/mol. The van der Waals surface area contributed by atoms with E-state index in [0.717, 1.165) is 57.8 Å². The quantitative estimate of drug-likeness (QED) is 0.0148. The molecule has 6 N–H and O–H groups in total. The second-order valence-corrected chi connectivity index (χ2v) is 18.0. The molecular weight excluding hydrogens is 779 g/mol. The van der Waals surface area contributed by atoms with E-state index in [2.05, 4.69) is 26.0 Å². The fraction of sp³-hybridized carbons (Fsp3) is 0.911. The highest BCUT2D eigenvalue weighted by Crippen LogP contribution is 2.47. The summed E-state index contributed by atoms with van der Waals surface area (Å²) < 4.78 is 33.5. The Labute approximate surface area is 356 Å². The maximum Gasteiger partial charge on any atom is 0.472 e. The Balaban J connectivity index is 2.43. The van der Waals surface area contributed by atoms with Crippen LogP contribution in [0.2, 0.25) is 0 Å². The summed E-state index contributed by atoms with van der Waals surface area (Å²) in [7, 11) is -5.11. The molecule has 14 heteroatoms. The van der Waals surface area contributed by atoms with Crippen molar-refractivity contribution in [2.45, 2.75) is 249 Å². The van der Waals surface area contributed by atoms with Gasteiger partial charge < -0.3 is 39.9 Å². The van der Waals surface area contributed by atoms with Gasteiger partial charge in [-0.1, -0.05) is 167 Å². The van der Waals surface area contributed by atoms with Crippen molar-refractivity contribution in [3.8, 4) is 0 Å². The van der Waals surface area contributed by atoms with Crippen LogP contribution in [0.15, 0.2) is 12.2 Å². The Morgan fingerprint density at radius 2 is 0.864 bits per heavy atom. The molecule has 59 heavy (non-hydrogen) atoms. The fourth-order valence-corrected chi connectivity index (χ4v) is 8.26. The molecule has 0 heterocycles. The van der Waals surface area contributed by atoms with Crippen LogP contribution in [-0.4, -0.2) is 98.3 Å². The number of allylic oxidation sites excluding steroid dienone is 2. The van der Waals surface area contributed by atoms with E-state index in [1.165, 1.54) is 109 Å². The third-order valence-electron chi connectivity index (χ3n) is 11.1. The van der Waals surface area contributed by atoms with Crippen molar-refractivity contribution in [3.05, 3.63) is 12.2 Å². The van der Waals surface area contributed by atoms with Crippen LogP contribution in [0.3, 0.4) is 0 Å². The minimum absolute atomic E-state index is 0.0905. The minimum Gasteiger partial charge on any atom is -0.462 e. The number of hydrogen-bond acceptors (Lipinski definition) is 12. The van der Waals surface area contributed by atoms with Gasteiger partial charge in [-0.25, -0.2) is 4.57 Å². The van der Waals surface area contributed by atoms with Gasteiger partial charge in [-0.15, -0.1) is 0 Å². The highest BCUT2D eigenvalue weighted by atomic mass is 31.2. The molecule has 13 nitrogen and oxygen atoms in total. The number of unbranched alkanes of at least 4 members (excludes halogenated alkanes) is 25. The molecule has 1 rings (SSSR count). The first-order chi connectivity index (χ1) is 28.4. The van der Waals surface area contributed by atoms with Crippen LogP contribution >= 0.6 is 7.82 Å². The lowest BCUT2D eigenvalue weighted by atomic mass is 9.85. The zero-order valence-corrected chi connectivity index (χ0v) is 37.7. The van der Waals surface area contributed by atoms with E-state index < -0.39 is 75.7 Å². The Bertz CT molecular complexity index is 1090. The monoisotopic (exact) mass is 865 g/mol. The molecule has 1 aliphatic carbocycles. The van der Waals surface area contributed by atoms with Crippen LogP contribution < -0.4 is 0 Å². The summed E-state index contributed by atoms with van der Waals surface area (Å²) in [6, 6.07) is 0. The molecule has 0 saturated heterocycles. The second-order valence-electron chi connectivity index (χ2n) is 16.6. The summed E-state index contributed by atoms with van der Waals surface area (Å²) in [5, 5.41) is 50.1. The number of carbonyl (C=O) groups excluding carboxylic acids is 2. The molecule has 0 aromatic rings. The van der Waals surface area contributed by atoms with Crippen molar-refractivity contribution >= 4 is 19.8 Å². The van der Waals surface area contributed by atoms with Crippen LogP contribution in [0.1, 0.15) is 206 Å². The van der Waals surface area contributed by atoms with E-state index in [4.69, 9.17) is 18.5 Å². The largest absolute Gasteiger partial charge is 0.472 e. The van der Waals surface area contributed by atoms with Crippen LogP contribution in [-0.2, 0) is 32.7 Å². The van der Waals surface area contributed by atoms with Crippen molar-refractivity contribution in [3.63, 3.8) is 0 Å². The van der Waals surface area contributed by atoms with Crippen LogP contribution in [0.4, 0.5) is 0 Å². The van der Waals surface area contributed by atoms with Gasteiger partial charge in [0.2, 0.25) is 0 Å². The molecule has 6 atom stereocenters. The van der Waals surface area contributed by atoms with E-state index in [0.29, 0.717) is 12.8 Å². The first kappa shape index (κ1) is 55.6. The first-order valence-electron chi connectivity index (χ1n) is 23.5. The number of phosphoric ester groups is 1. The maximum atomic E-state index is 12.8. The number of esters is 2. The Hall–Kier alpha value is -1.41. The van der Waals surface area contributed by atoms with E-state index in [1.54, 1.807) is 0 Å². The number of aliphatic hydroxyl groups is 5. The molecule has 6 unspecified atom stereocenters. The topological polar surface area (TPSA) is 210 Å². The number of phosphoric acid groups is 1. The molecule has 0 spiro atoms. The van der Waals surface area contributed by atoms with Crippen molar-refractivity contribution in [1.29, 1.82) is 0 Å². The standard InChI is InChI=1S/C45H85O13P/c1-3-5-7-9-11-13-15-17-18-19-20-22-23-25-27-29-31-33-38(46)55-35-37(36-56-59(53,54)58-45-43(51)41(49)40(48)42(50)44(45)52)57-39(47)34-32-30-28-26-24-21-16-14-12-10-8-6-4-2/h14,16,37,40-45,48-52H,3-13,15,17-36H2,1-2H3,(H,53,54)/b16-14-. The zero-order valence-electron chi connectivity index (χ0n) is 36.8. The molecule has 0 aromatic carbocycles. The molecule has 0 bridgehead atoms. The summed E-state index contributed by atoms with van der Waals surface area (Å²) in [6.45, 7) is 3.29. The molecule has 1 saturated carbocycles. The van der Waals surface area contributed by atoms with Gasteiger partial charge in [-0.3, -0.25) is 18.6 Å². The summed E-state index contributed by atoms with van der Waals surface area (Å²) in [6.07, 6.45) is 24.1. The summed E-state index contributed by atoms with van der Waals surface area (Å²) in [5.41, 5.74) is 0. The molecule has 1 fully saturated rings. The molecule has 1 aliphatic rings. The first-order valence-corrected chi connectivity index (χ1v) is 25.0. The van der Waals surface area contributed by atoms with Crippen LogP contribution in [0.25, 0.3) is 0 Å². The number of carbonyl (C=O) groups is 2. The average Bonchev–Trinajstić information content (AvgIpc) is 3.21. The predicted molar refractivity (Wildman–Crippen MR) is 231 cm³/mol. The van der Waals surface area contributed by atoms with E-state index in [9.17, 15) is 44.6 Å². The number of aliphatic hydroxyl groups excluding tert-OH is 5. The predicted octanol–water partition coefficient (Wildman–Crippen LogP) is 9.06. The highest BCUT2D eigenvalue weighted by Gasteiger charge is 2.51. The summed E-state index contributed by atoms with van der Waals surface area (Å²) >= 11 is 0. The molecule has 0 radical (unpaired) electrons. The van der Waals surface area contributed by atoms with Crippen LogP contribution in [0.5, 0.6) is 0 Å². The lowest BCUT2D eigenvalue weighted by molar-refractivity contribution is -0.220. The summed E-state index contributed by atoms with van der Waals surface area (Å²) in [4.78, 5) is 35.7. The molecule has 348 valence electrons. The van der Waals surface area contributed by atoms with Gasteiger partial charge in [0.15, 0.2) is 6.10 Å². The van der Waals surface area contributed by atoms with Gasteiger partial charge in [0.1, 0.15) is 43.2 Å².